The van der Waals surface area contributed by atoms with Gasteiger partial charge >= 0.3 is 0 Å². The highest BCUT2D eigenvalue weighted by atomic mass is 79.9. The van der Waals surface area contributed by atoms with Gasteiger partial charge in [-0.15, -0.1) is 0 Å². The van der Waals surface area contributed by atoms with Crippen molar-refractivity contribution in [3.63, 3.8) is 0 Å². The molecule has 3 aromatic rings. The van der Waals surface area contributed by atoms with Gasteiger partial charge in [0.2, 0.25) is 5.91 Å². The third-order valence-corrected chi connectivity index (χ3v) is 5.92. The van der Waals surface area contributed by atoms with Gasteiger partial charge in [0.05, 0.1) is 5.56 Å². The average molecular weight is 460 g/mol. The van der Waals surface area contributed by atoms with Crippen molar-refractivity contribution < 1.29 is 9.18 Å². The van der Waals surface area contributed by atoms with Crippen LogP contribution in [0.5, 0.6) is 0 Å². The molecule has 2 N–H and O–H groups in total. The Kier molecular flexibility index (Phi) is 5.32. The van der Waals surface area contributed by atoms with Crippen molar-refractivity contribution in [3.05, 3.63) is 85.9 Å². The zero-order chi connectivity index (χ0) is 19.7. The Morgan fingerprint density at radius 1 is 1.18 bits per heavy atom. The zero-order valence-electron chi connectivity index (χ0n) is 14.5. The van der Waals surface area contributed by atoms with E-state index in [1.54, 1.807) is 18.2 Å². The van der Waals surface area contributed by atoms with Gasteiger partial charge in [0.15, 0.2) is 5.16 Å². The van der Waals surface area contributed by atoms with E-state index >= 15 is 0 Å². The van der Waals surface area contributed by atoms with E-state index in [0.29, 0.717) is 22.0 Å². The van der Waals surface area contributed by atoms with E-state index < -0.39 is 0 Å². The van der Waals surface area contributed by atoms with Crippen LogP contribution >= 0.6 is 27.7 Å². The summed E-state index contributed by atoms with van der Waals surface area (Å²) in [5.41, 5.74) is 1.52. The fourth-order valence-corrected chi connectivity index (χ4v) is 4.45. The van der Waals surface area contributed by atoms with Gasteiger partial charge in [-0.2, -0.15) is 0 Å². The van der Waals surface area contributed by atoms with Gasteiger partial charge in [0.25, 0.3) is 5.56 Å². The summed E-state index contributed by atoms with van der Waals surface area (Å²) in [6.45, 7) is 0. The van der Waals surface area contributed by atoms with E-state index in [1.807, 2.05) is 24.3 Å². The first-order valence-electron chi connectivity index (χ1n) is 8.57. The maximum atomic E-state index is 13.8. The summed E-state index contributed by atoms with van der Waals surface area (Å²) in [6, 6.07) is 14.0. The molecule has 0 fully saturated rings. The van der Waals surface area contributed by atoms with Crippen molar-refractivity contribution in [1.82, 2.24) is 9.97 Å². The molecule has 0 bridgehead atoms. The topological polar surface area (TPSA) is 74.8 Å². The minimum absolute atomic E-state index is 0.177. The minimum Gasteiger partial charge on any atom is -0.310 e. The number of hydrogen-bond donors (Lipinski definition) is 2. The van der Waals surface area contributed by atoms with Gasteiger partial charge < -0.3 is 10.3 Å². The van der Waals surface area contributed by atoms with Crippen molar-refractivity contribution in [2.24, 2.45) is 0 Å². The first-order valence-corrected chi connectivity index (χ1v) is 10.3. The second kappa shape index (κ2) is 7.89. The molecule has 1 unspecified atom stereocenters. The van der Waals surface area contributed by atoms with E-state index in [2.05, 4.69) is 31.2 Å². The maximum absolute atomic E-state index is 13.8. The lowest BCUT2D eigenvalue weighted by Gasteiger charge is -2.24. The van der Waals surface area contributed by atoms with Crippen LogP contribution in [-0.4, -0.2) is 15.9 Å². The van der Waals surface area contributed by atoms with Crippen LogP contribution < -0.4 is 10.9 Å². The number of nitrogens with one attached hydrogen (secondary N) is 2. The van der Waals surface area contributed by atoms with Crippen LogP contribution in [0.2, 0.25) is 0 Å². The SMILES string of the molecule is O=C1CC(c2cccc(Br)c2)c2c(nc(SCc3ccccc3F)[nH]c2=O)N1. The highest BCUT2D eigenvalue weighted by Gasteiger charge is 2.31. The molecule has 4 rings (SSSR count). The number of rotatable bonds is 4. The summed E-state index contributed by atoms with van der Waals surface area (Å²) in [5, 5.41) is 3.03. The second-order valence-electron chi connectivity index (χ2n) is 6.37. The summed E-state index contributed by atoms with van der Waals surface area (Å²) in [7, 11) is 0. The molecule has 0 saturated heterocycles. The molecule has 0 saturated carbocycles. The highest BCUT2D eigenvalue weighted by Crippen LogP contribution is 2.35. The Bertz CT molecular complexity index is 1120. The van der Waals surface area contributed by atoms with Crippen molar-refractivity contribution in [2.45, 2.75) is 23.2 Å². The number of aromatic nitrogens is 2. The lowest BCUT2D eigenvalue weighted by atomic mass is 9.87. The lowest BCUT2D eigenvalue weighted by molar-refractivity contribution is -0.116. The van der Waals surface area contributed by atoms with Crippen molar-refractivity contribution >= 4 is 39.4 Å². The van der Waals surface area contributed by atoms with Gasteiger partial charge in [-0.1, -0.05) is 58.0 Å². The number of carbonyl (C=O) groups is 1. The smallest absolute Gasteiger partial charge is 0.257 e. The number of benzene rings is 2. The maximum Gasteiger partial charge on any atom is 0.257 e. The normalized spacial score (nSPS) is 15.8. The van der Waals surface area contributed by atoms with Crippen LogP contribution in [-0.2, 0) is 10.5 Å². The number of halogens is 2. The van der Waals surface area contributed by atoms with Crippen molar-refractivity contribution in [1.29, 1.82) is 0 Å². The largest absolute Gasteiger partial charge is 0.310 e. The number of carbonyl (C=O) groups excluding carboxylic acids is 1. The Balaban J connectivity index is 1.67. The summed E-state index contributed by atoms with van der Waals surface area (Å²) < 4.78 is 14.7. The van der Waals surface area contributed by atoms with Crippen LogP contribution in [0.1, 0.15) is 29.0 Å². The molecule has 0 aliphatic carbocycles. The summed E-state index contributed by atoms with van der Waals surface area (Å²) in [6.07, 6.45) is 0.177. The van der Waals surface area contributed by atoms with Crippen molar-refractivity contribution in [3.8, 4) is 0 Å². The number of fused-ring (bicyclic) bond motifs is 1. The van der Waals surface area contributed by atoms with Crippen LogP contribution in [0.4, 0.5) is 10.2 Å². The average Bonchev–Trinajstić information content (AvgIpc) is 2.66. The van der Waals surface area contributed by atoms with Crippen LogP contribution in [0.3, 0.4) is 0 Å². The predicted octanol–water partition coefficient (Wildman–Crippen LogP) is 4.44. The number of aromatic amines is 1. The molecule has 1 amide bonds. The van der Waals surface area contributed by atoms with Crippen LogP contribution in [0.15, 0.2) is 63.0 Å². The number of nitrogens with zero attached hydrogens (tertiary/aromatic N) is 1. The monoisotopic (exact) mass is 459 g/mol. The second-order valence-corrected chi connectivity index (χ2v) is 8.25. The van der Waals surface area contributed by atoms with Gasteiger partial charge in [-0.05, 0) is 29.3 Å². The molecule has 8 heteroatoms. The van der Waals surface area contributed by atoms with E-state index in [9.17, 15) is 14.0 Å². The number of anilines is 1. The van der Waals surface area contributed by atoms with Gasteiger partial charge in [-0.3, -0.25) is 9.59 Å². The number of H-pyrrole nitrogens is 1. The van der Waals surface area contributed by atoms with Gasteiger partial charge in [0.1, 0.15) is 11.6 Å². The summed E-state index contributed by atoms with van der Waals surface area (Å²) in [4.78, 5) is 32.2. The van der Waals surface area contributed by atoms with Crippen LogP contribution in [0, 0.1) is 5.82 Å². The molecule has 5 nitrogen and oxygen atoms in total. The van der Waals surface area contributed by atoms with E-state index in [4.69, 9.17) is 0 Å². The molecule has 2 aromatic carbocycles. The third kappa shape index (κ3) is 3.88. The van der Waals surface area contributed by atoms with E-state index in [1.165, 1.54) is 17.8 Å². The molecule has 142 valence electrons. The summed E-state index contributed by atoms with van der Waals surface area (Å²) in [5.74, 6) is -0.291. The fraction of sp³-hybridized carbons (Fsp3) is 0.150. The molecule has 2 heterocycles. The number of amides is 1. The molecule has 1 aliphatic heterocycles. The summed E-state index contributed by atoms with van der Waals surface area (Å²) >= 11 is 4.64. The molecule has 1 aliphatic rings. The molecule has 28 heavy (non-hydrogen) atoms. The molecule has 1 aromatic heterocycles. The van der Waals surface area contributed by atoms with Gasteiger partial charge in [-0.25, -0.2) is 9.37 Å². The standard InChI is InChI=1S/C20H15BrFN3O2S/c21-13-6-3-5-11(8-13)14-9-16(26)23-18-17(14)19(27)25-20(24-18)28-10-12-4-1-2-7-15(12)22/h1-8,14H,9-10H2,(H2,23,24,25,26,27). The molecule has 1 atom stereocenters. The van der Waals surface area contributed by atoms with E-state index in [0.717, 1.165) is 10.0 Å². The van der Waals surface area contributed by atoms with E-state index in [-0.39, 0.29) is 35.4 Å². The lowest BCUT2D eigenvalue weighted by Crippen LogP contribution is -2.31. The Labute approximate surface area is 172 Å². The minimum atomic E-state index is -0.372. The van der Waals surface area contributed by atoms with Gasteiger partial charge in [0, 0.05) is 22.6 Å². The Hall–Kier alpha value is -2.45. The Morgan fingerprint density at radius 2 is 2.00 bits per heavy atom. The fourth-order valence-electron chi connectivity index (χ4n) is 3.19. The molecular formula is C20H15BrFN3O2S. The zero-order valence-corrected chi connectivity index (χ0v) is 16.9. The first-order chi connectivity index (χ1) is 13.5. The Morgan fingerprint density at radius 3 is 2.79 bits per heavy atom. The third-order valence-electron chi connectivity index (χ3n) is 4.50. The predicted molar refractivity (Wildman–Crippen MR) is 110 cm³/mol. The molecule has 0 radical (unpaired) electrons. The highest BCUT2D eigenvalue weighted by molar-refractivity contribution is 9.10. The quantitative estimate of drug-likeness (QED) is 0.446. The van der Waals surface area contributed by atoms with Crippen molar-refractivity contribution in [2.75, 3.05) is 5.32 Å². The first kappa shape index (κ1) is 18.9. The van der Waals surface area contributed by atoms with Crippen LogP contribution in [0.25, 0.3) is 0 Å². The number of thioether (sulfide) groups is 1. The molecular weight excluding hydrogens is 445 g/mol. The number of hydrogen-bond acceptors (Lipinski definition) is 4. The molecule has 0 spiro atoms.